The van der Waals surface area contributed by atoms with E-state index in [4.69, 9.17) is 0 Å². The SMILES string of the molecule is CN[CH]CC(C)C. The summed E-state index contributed by atoms with van der Waals surface area (Å²) >= 11 is 0. The second-order valence-electron chi connectivity index (χ2n) is 2.12. The Balaban J connectivity index is 2.68. The van der Waals surface area contributed by atoms with Gasteiger partial charge >= 0.3 is 0 Å². The predicted molar refractivity (Wildman–Crippen MR) is 32.8 cm³/mol. The molecule has 0 bridgehead atoms. The minimum atomic E-state index is 0.785. The lowest BCUT2D eigenvalue weighted by Crippen LogP contribution is -2.02. The van der Waals surface area contributed by atoms with Crippen molar-refractivity contribution in [2.75, 3.05) is 7.05 Å². The lowest BCUT2D eigenvalue weighted by atomic mass is 10.1. The zero-order valence-electron chi connectivity index (χ0n) is 5.36. The second-order valence-corrected chi connectivity index (χ2v) is 2.12. The first-order chi connectivity index (χ1) is 3.27. The monoisotopic (exact) mass is 100 g/mol. The first-order valence-corrected chi connectivity index (χ1v) is 2.76. The summed E-state index contributed by atoms with van der Waals surface area (Å²) in [6, 6.07) is 0. The van der Waals surface area contributed by atoms with Crippen molar-refractivity contribution in [3.05, 3.63) is 6.54 Å². The highest BCUT2D eigenvalue weighted by atomic mass is 14.8. The molecule has 1 nitrogen and oxygen atoms in total. The number of rotatable bonds is 3. The number of hydrogen-bond donors (Lipinski definition) is 1. The maximum absolute atomic E-state index is 2.97. The highest BCUT2D eigenvalue weighted by molar-refractivity contribution is 4.59. The van der Waals surface area contributed by atoms with E-state index in [0.717, 1.165) is 12.3 Å². The van der Waals surface area contributed by atoms with E-state index in [1.807, 2.05) is 7.05 Å². The van der Waals surface area contributed by atoms with Crippen LogP contribution in [-0.2, 0) is 0 Å². The lowest BCUT2D eigenvalue weighted by Gasteiger charge is -1.99. The van der Waals surface area contributed by atoms with E-state index in [0.29, 0.717) is 0 Å². The Labute approximate surface area is 46.1 Å². The standard InChI is InChI=1S/C6H14N/c1-6(2)4-5-7-3/h5-7H,4H2,1-3H3. The molecule has 0 atom stereocenters. The molecule has 0 aliphatic carbocycles. The molecule has 0 rings (SSSR count). The van der Waals surface area contributed by atoms with Gasteiger partial charge < -0.3 is 5.32 Å². The van der Waals surface area contributed by atoms with Gasteiger partial charge in [-0.2, -0.15) is 0 Å². The van der Waals surface area contributed by atoms with Gasteiger partial charge in [0.05, 0.1) is 0 Å². The average Bonchev–Trinajstić information content (AvgIpc) is 1.61. The van der Waals surface area contributed by atoms with Crippen LogP contribution in [0.4, 0.5) is 0 Å². The average molecular weight is 100 g/mol. The molecule has 0 amide bonds. The molecule has 0 heterocycles. The van der Waals surface area contributed by atoms with Crippen molar-refractivity contribution in [3.8, 4) is 0 Å². The smallest absolute Gasteiger partial charge is 0.0220 e. The highest BCUT2D eigenvalue weighted by Crippen LogP contribution is 1.98. The van der Waals surface area contributed by atoms with Crippen LogP contribution in [0.15, 0.2) is 0 Å². The van der Waals surface area contributed by atoms with Crippen molar-refractivity contribution in [2.24, 2.45) is 5.92 Å². The fraction of sp³-hybridized carbons (Fsp3) is 0.833. The van der Waals surface area contributed by atoms with Gasteiger partial charge in [-0.25, -0.2) is 0 Å². The van der Waals surface area contributed by atoms with Gasteiger partial charge in [0.15, 0.2) is 0 Å². The van der Waals surface area contributed by atoms with Crippen molar-refractivity contribution in [1.82, 2.24) is 5.32 Å². The first kappa shape index (κ1) is 6.96. The van der Waals surface area contributed by atoms with Crippen LogP contribution in [0.3, 0.4) is 0 Å². The largest absolute Gasteiger partial charge is 0.315 e. The Kier molecular flexibility index (Phi) is 4.10. The normalized spacial score (nSPS) is 10.3. The zero-order valence-corrected chi connectivity index (χ0v) is 5.36. The van der Waals surface area contributed by atoms with Crippen molar-refractivity contribution >= 4 is 0 Å². The topological polar surface area (TPSA) is 12.0 Å². The summed E-state index contributed by atoms with van der Waals surface area (Å²) in [5, 5.41) is 2.97. The highest BCUT2D eigenvalue weighted by Gasteiger charge is 1.88. The minimum Gasteiger partial charge on any atom is -0.315 e. The van der Waals surface area contributed by atoms with Gasteiger partial charge in [-0.05, 0) is 19.4 Å². The zero-order chi connectivity index (χ0) is 5.70. The van der Waals surface area contributed by atoms with Crippen LogP contribution in [0.2, 0.25) is 0 Å². The molecule has 0 aromatic carbocycles. The summed E-state index contributed by atoms with van der Waals surface area (Å²) in [5.74, 6) is 0.785. The van der Waals surface area contributed by atoms with E-state index in [2.05, 4.69) is 25.7 Å². The van der Waals surface area contributed by atoms with Gasteiger partial charge in [-0.15, -0.1) is 0 Å². The molecule has 0 aliphatic heterocycles. The van der Waals surface area contributed by atoms with E-state index in [1.54, 1.807) is 0 Å². The first-order valence-electron chi connectivity index (χ1n) is 2.76. The Bertz CT molecular complexity index is 33.2. The summed E-state index contributed by atoms with van der Waals surface area (Å²) in [5.41, 5.74) is 0. The van der Waals surface area contributed by atoms with Crippen LogP contribution in [0.25, 0.3) is 0 Å². The van der Waals surface area contributed by atoms with Gasteiger partial charge in [0.25, 0.3) is 0 Å². The van der Waals surface area contributed by atoms with Crippen LogP contribution in [-0.4, -0.2) is 7.05 Å². The van der Waals surface area contributed by atoms with Gasteiger partial charge in [0.1, 0.15) is 0 Å². The molecular weight excluding hydrogens is 86.1 g/mol. The molecule has 0 aromatic rings. The molecule has 43 valence electrons. The predicted octanol–water partition coefficient (Wildman–Crippen LogP) is 1.41. The molecule has 0 spiro atoms. The van der Waals surface area contributed by atoms with Crippen molar-refractivity contribution < 1.29 is 0 Å². The number of nitrogens with one attached hydrogen (secondary N) is 1. The molecule has 1 radical (unpaired) electrons. The molecular formula is C6H14N. The molecule has 0 aromatic heterocycles. The maximum atomic E-state index is 2.97. The molecule has 7 heavy (non-hydrogen) atoms. The van der Waals surface area contributed by atoms with E-state index in [9.17, 15) is 0 Å². The molecule has 1 heteroatoms. The Hall–Kier alpha value is -0.0400. The molecule has 0 saturated carbocycles. The summed E-state index contributed by atoms with van der Waals surface area (Å²) in [6.07, 6.45) is 1.16. The van der Waals surface area contributed by atoms with Crippen molar-refractivity contribution in [3.63, 3.8) is 0 Å². The Morgan fingerprint density at radius 3 is 2.29 bits per heavy atom. The van der Waals surface area contributed by atoms with Gasteiger partial charge in [-0.3, -0.25) is 0 Å². The van der Waals surface area contributed by atoms with Gasteiger partial charge in [-0.1, -0.05) is 13.8 Å². The van der Waals surface area contributed by atoms with E-state index < -0.39 is 0 Å². The van der Waals surface area contributed by atoms with Gasteiger partial charge in [0.2, 0.25) is 0 Å². The van der Waals surface area contributed by atoms with Gasteiger partial charge in [0, 0.05) is 6.54 Å². The third-order valence-corrected chi connectivity index (χ3v) is 0.793. The molecule has 1 N–H and O–H groups in total. The van der Waals surface area contributed by atoms with Crippen molar-refractivity contribution in [2.45, 2.75) is 20.3 Å². The summed E-state index contributed by atoms with van der Waals surface area (Å²) in [7, 11) is 1.93. The molecule has 0 aliphatic rings. The minimum absolute atomic E-state index is 0.785. The quantitative estimate of drug-likeness (QED) is 0.565. The summed E-state index contributed by atoms with van der Waals surface area (Å²) in [4.78, 5) is 0. The maximum Gasteiger partial charge on any atom is 0.0220 e. The van der Waals surface area contributed by atoms with E-state index in [1.165, 1.54) is 0 Å². The molecule has 0 fully saturated rings. The second kappa shape index (κ2) is 4.13. The Morgan fingerprint density at radius 2 is 2.14 bits per heavy atom. The molecule has 0 unspecified atom stereocenters. The van der Waals surface area contributed by atoms with Crippen LogP contribution >= 0.6 is 0 Å². The van der Waals surface area contributed by atoms with Crippen LogP contribution in [0.1, 0.15) is 20.3 Å². The summed E-state index contributed by atoms with van der Waals surface area (Å²) < 4.78 is 0. The van der Waals surface area contributed by atoms with Crippen LogP contribution in [0, 0.1) is 12.5 Å². The van der Waals surface area contributed by atoms with Crippen LogP contribution in [0.5, 0.6) is 0 Å². The summed E-state index contributed by atoms with van der Waals surface area (Å²) in [6.45, 7) is 6.48. The third kappa shape index (κ3) is 5.96. The lowest BCUT2D eigenvalue weighted by molar-refractivity contribution is 0.613. The van der Waals surface area contributed by atoms with Crippen LogP contribution < -0.4 is 5.32 Å². The molecule has 0 saturated heterocycles. The number of hydrogen-bond acceptors (Lipinski definition) is 1. The van der Waals surface area contributed by atoms with E-state index in [-0.39, 0.29) is 0 Å². The fourth-order valence-electron chi connectivity index (χ4n) is 0.354. The van der Waals surface area contributed by atoms with Crippen molar-refractivity contribution in [1.29, 1.82) is 0 Å². The fourth-order valence-corrected chi connectivity index (χ4v) is 0.354. The Morgan fingerprint density at radius 1 is 1.57 bits per heavy atom. The third-order valence-electron chi connectivity index (χ3n) is 0.793. The van der Waals surface area contributed by atoms with E-state index >= 15 is 0 Å².